The van der Waals surface area contributed by atoms with E-state index in [0.29, 0.717) is 5.56 Å². The zero-order chi connectivity index (χ0) is 24.0. The maximum atomic E-state index is 12.6. The first-order valence-electron chi connectivity index (χ1n) is 9.49. The number of hydrogen-bond acceptors (Lipinski definition) is 11. The van der Waals surface area contributed by atoms with Crippen LogP contribution in [-0.4, -0.2) is 72.4 Å². The Morgan fingerprint density at radius 3 is 2.21 bits per heavy atom. The number of aliphatic carboxylic acids is 1. The van der Waals surface area contributed by atoms with Gasteiger partial charge in [0.2, 0.25) is 12.0 Å². The fraction of sp³-hybridized carbons (Fsp3) is 0.238. The van der Waals surface area contributed by atoms with E-state index in [-0.39, 0.29) is 22.5 Å². The van der Waals surface area contributed by atoms with Gasteiger partial charge in [0.1, 0.15) is 40.8 Å². The van der Waals surface area contributed by atoms with Crippen molar-refractivity contribution >= 4 is 16.9 Å². The minimum absolute atomic E-state index is 0.0156. The van der Waals surface area contributed by atoms with Gasteiger partial charge < -0.3 is 49.6 Å². The zero-order valence-electron chi connectivity index (χ0n) is 16.5. The summed E-state index contributed by atoms with van der Waals surface area (Å²) >= 11 is 0. The van der Waals surface area contributed by atoms with Crippen LogP contribution in [0.4, 0.5) is 0 Å². The maximum Gasteiger partial charge on any atom is 0.335 e. The van der Waals surface area contributed by atoms with Gasteiger partial charge in [-0.15, -0.1) is 0 Å². The molecular formula is C21H18O12. The number of carbonyl (C=O) groups is 1. The standard InChI is InChI=1S/C21H18O12/c22-8-3-1-7(2-4-8)10-5-9(23)13-11(31-10)6-12(14(24)15(13)25)32-21-18(28)16(26)17(27)19(33-21)20(29)30/h1-6,16-19,21-22,24-28H,(H,29,30)/t16-,17+,18+,19+,21-/m0/s1. The lowest BCUT2D eigenvalue weighted by Crippen LogP contribution is -2.61. The lowest BCUT2D eigenvalue weighted by Gasteiger charge is -2.38. The molecule has 1 fully saturated rings. The monoisotopic (exact) mass is 462 g/mol. The van der Waals surface area contributed by atoms with Gasteiger partial charge in [-0.25, -0.2) is 4.79 Å². The molecule has 33 heavy (non-hydrogen) atoms. The molecule has 4 rings (SSSR count). The topological polar surface area (TPSA) is 207 Å². The van der Waals surface area contributed by atoms with Crippen LogP contribution in [0.1, 0.15) is 0 Å². The van der Waals surface area contributed by atoms with Gasteiger partial charge in [0, 0.05) is 17.7 Å². The molecule has 0 spiro atoms. The first-order valence-corrected chi connectivity index (χ1v) is 9.49. The largest absolute Gasteiger partial charge is 0.508 e. The van der Waals surface area contributed by atoms with E-state index in [1.54, 1.807) is 0 Å². The van der Waals surface area contributed by atoms with Gasteiger partial charge in [0.05, 0.1) is 0 Å². The fourth-order valence-electron chi connectivity index (χ4n) is 3.40. The molecule has 7 N–H and O–H groups in total. The van der Waals surface area contributed by atoms with Gasteiger partial charge in [0.25, 0.3) is 0 Å². The van der Waals surface area contributed by atoms with E-state index < -0.39 is 59.4 Å². The van der Waals surface area contributed by atoms with Crippen molar-refractivity contribution in [3.05, 3.63) is 46.6 Å². The molecule has 0 aliphatic carbocycles. The number of aliphatic hydroxyl groups is 3. The number of ether oxygens (including phenoxy) is 2. The number of aliphatic hydroxyl groups excluding tert-OH is 3. The molecule has 0 unspecified atom stereocenters. The van der Waals surface area contributed by atoms with Crippen molar-refractivity contribution in [2.24, 2.45) is 0 Å². The van der Waals surface area contributed by atoms with Crippen LogP contribution in [-0.2, 0) is 9.53 Å². The number of aromatic hydroxyl groups is 3. The summed E-state index contributed by atoms with van der Waals surface area (Å²) in [6.45, 7) is 0. The summed E-state index contributed by atoms with van der Waals surface area (Å²) in [7, 11) is 0. The van der Waals surface area contributed by atoms with Gasteiger partial charge >= 0.3 is 5.97 Å². The summed E-state index contributed by atoms with van der Waals surface area (Å²) in [5.74, 6) is -4.01. The van der Waals surface area contributed by atoms with E-state index in [9.17, 15) is 40.2 Å². The molecule has 0 radical (unpaired) electrons. The molecule has 3 aromatic rings. The van der Waals surface area contributed by atoms with E-state index in [2.05, 4.69) is 0 Å². The van der Waals surface area contributed by atoms with Crippen molar-refractivity contribution in [1.29, 1.82) is 0 Å². The summed E-state index contributed by atoms with van der Waals surface area (Å²) in [6.07, 6.45) is -9.67. The molecule has 5 atom stereocenters. The van der Waals surface area contributed by atoms with Crippen LogP contribution in [0.2, 0.25) is 0 Å². The van der Waals surface area contributed by atoms with Crippen LogP contribution >= 0.6 is 0 Å². The summed E-state index contributed by atoms with van der Waals surface area (Å²) in [6, 6.07) is 7.74. The Bertz CT molecular complexity index is 1260. The zero-order valence-corrected chi connectivity index (χ0v) is 16.5. The van der Waals surface area contributed by atoms with Gasteiger partial charge in [-0.3, -0.25) is 4.79 Å². The minimum Gasteiger partial charge on any atom is -0.508 e. The van der Waals surface area contributed by atoms with Crippen molar-refractivity contribution in [2.45, 2.75) is 30.7 Å². The average molecular weight is 462 g/mol. The second-order valence-corrected chi connectivity index (χ2v) is 7.32. The van der Waals surface area contributed by atoms with Crippen LogP contribution in [0.5, 0.6) is 23.0 Å². The van der Waals surface area contributed by atoms with E-state index >= 15 is 0 Å². The van der Waals surface area contributed by atoms with Crippen molar-refractivity contribution in [3.63, 3.8) is 0 Å². The van der Waals surface area contributed by atoms with E-state index in [0.717, 1.165) is 12.1 Å². The Morgan fingerprint density at radius 1 is 0.909 bits per heavy atom. The Hall–Kier alpha value is -3.84. The highest BCUT2D eigenvalue weighted by Gasteiger charge is 2.48. The third-order valence-electron chi connectivity index (χ3n) is 5.14. The third kappa shape index (κ3) is 3.91. The highest BCUT2D eigenvalue weighted by molar-refractivity contribution is 5.89. The molecule has 1 aliphatic rings. The smallest absolute Gasteiger partial charge is 0.335 e. The van der Waals surface area contributed by atoms with Crippen molar-refractivity contribution in [1.82, 2.24) is 0 Å². The highest BCUT2D eigenvalue weighted by atomic mass is 16.7. The van der Waals surface area contributed by atoms with Crippen LogP contribution in [0.25, 0.3) is 22.3 Å². The number of rotatable bonds is 4. The van der Waals surface area contributed by atoms with Crippen molar-refractivity contribution < 1.29 is 54.4 Å². The van der Waals surface area contributed by atoms with Gasteiger partial charge in [-0.05, 0) is 24.3 Å². The molecule has 0 bridgehead atoms. The average Bonchev–Trinajstić information content (AvgIpc) is 2.77. The number of fused-ring (bicyclic) bond motifs is 1. The summed E-state index contributed by atoms with van der Waals surface area (Å²) in [5, 5.41) is 68.6. The Morgan fingerprint density at radius 2 is 1.58 bits per heavy atom. The molecule has 1 aliphatic heterocycles. The molecule has 12 nitrogen and oxygen atoms in total. The number of hydrogen-bond donors (Lipinski definition) is 7. The molecule has 0 saturated carbocycles. The maximum absolute atomic E-state index is 12.6. The number of benzene rings is 2. The first kappa shape index (κ1) is 22.4. The molecule has 174 valence electrons. The van der Waals surface area contributed by atoms with Gasteiger partial charge in [-0.1, -0.05) is 0 Å². The minimum atomic E-state index is -1.96. The Balaban J connectivity index is 1.76. The quantitative estimate of drug-likeness (QED) is 0.253. The number of carboxylic acids is 1. The van der Waals surface area contributed by atoms with E-state index in [1.807, 2.05) is 0 Å². The highest BCUT2D eigenvalue weighted by Crippen LogP contribution is 2.42. The predicted molar refractivity (Wildman–Crippen MR) is 108 cm³/mol. The molecular weight excluding hydrogens is 444 g/mol. The van der Waals surface area contributed by atoms with E-state index in [1.165, 1.54) is 24.3 Å². The fourth-order valence-corrected chi connectivity index (χ4v) is 3.40. The first-order chi connectivity index (χ1) is 15.6. The Kier molecular flexibility index (Phi) is 5.59. The van der Waals surface area contributed by atoms with Crippen LogP contribution in [0.3, 0.4) is 0 Å². The van der Waals surface area contributed by atoms with E-state index in [4.69, 9.17) is 19.0 Å². The number of phenolic OH excluding ortho intramolecular Hbond substituents is 3. The second-order valence-electron chi connectivity index (χ2n) is 7.32. The predicted octanol–water partition coefficient (Wildman–Crippen LogP) is -0.152. The summed E-state index contributed by atoms with van der Waals surface area (Å²) in [4.78, 5) is 23.8. The van der Waals surface area contributed by atoms with Crippen molar-refractivity contribution in [2.75, 3.05) is 0 Å². The third-order valence-corrected chi connectivity index (χ3v) is 5.14. The molecule has 1 aromatic heterocycles. The lowest BCUT2D eigenvalue weighted by atomic mass is 9.99. The molecule has 12 heteroatoms. The number of phenols is 3. The van der Waals surface area contributed by atoms with Crippen LogP contribution < -0.4 is 10.2 Å². The SMILES string of the molecule is O=C(O)[C@@H]1O[C@H](Oc2cc3oc(-c4ccc(O)cc4)cc(=O)c3c(O)c2O)[C@H](O)[C@@H](O)[C@H]1O. The second kappa shape index (κ2) is 8.26. The summed E-state index contributed by atoms with van der Waals surface area (Å²) < 4.78 is 15.9. The van der Waals surface area contributed by atoms with Crippen LogP contribution in [0.15, 0.2) is 45.6 Å². The molecule has 2 aromatic carbocycles. The number of carboxylic acid groups (broad SMARTS) is 1. The molecule has 2 heterocycles. The van der Waals surface area contributed by atoms with Crippen LogP contribution in [0, 0.1) is 0 Å². The lowest BCUT2D eigenvalue weighted by molar-refractivity contribution is -0.271. The van der Waals surface area contributed by atoms with Crippen molar-refractivity contribution in [3.8, 4) is 34.3 Å². The molecule has 1 saturated heterocycles. The van der Waals surface area contributed by atoms with Gasteiger partial charge in [0.15, 0.2) is 23.0 Å². The summed E-state index contributed by atoms with van der Waals surface area (Å²) in [5.41, 5.74) is -0.539. The van der Waals surface area contributed by atoms with Gasteiger partial charge in [-0.2, -0.15) is 0 Å². The molecule has 0 amide bonds. The Labute approximate surface area is 183 Å². The normalized spacial score (nSPS) is 25.1.